The lowest BCUT2D eigenvalue weighted by molar-refractivity contribution is 0.118. The van der Waals surface area contributed by atoms with Gasteiger partial charge in [-0.2, -0.15) is 5.26 Å². The topological polar surface area (TPSA) is 45.0 Å². The van der Waals surface area contributed by atoms with Crippen molar-refractivity contribution in [2.24, 2.45) is 0 Å². The zero-order valence-corrected chi connectivity index (χ0v) is 10.1. The van der Waals surface area contributed by atoms with E-state index in [-0.39, 0.29) is 6.10 Å². The standard InChI is InChI=1S/C14H18N2O/c1-16-13-4-2-3-5-14(13)17-12-8-6-11(10-15)7-9-12/h6-9,13-14,16H,2-5H2,1H3. The second-order valence-corrected chi connectivity index (χ2v) is 4.47. The van der Waals surface area contributed by atoms with E-state index in [1.165, 1.54) is 19.3 Å². The first-order valence-electron chi connectivity index (χ1n) is 6.17. The number of nitrogens with one attached hydrogen (secondary N) is 1. The Hall–Kier alpha value is -1.53. The third-order valence-corrected chi connectivity index (χ3v) is 3.34. The van der Waals surface area contributed by atoms with Gasteiger partial charge in [0, 0.05) is 6.04 Å². The van der Waals surface area contributed by atoms with E-state index in [1.54, 1.807) is 12.1 Å². The number of likely N-dealkylation sites (N-methyl/N-ethyl adjacent to an activating group) is 1. The smallest absolute Gasteiger partial charge is 0.119 e. The first-order valence-corrected chi connectivity index (χ1v) is 6.17. The highest BCUT2D eigenvalue weighted by Gasteiger charge is 2.25. The summed E-state index contributed by atoms with van der Waals surface area (Å²) >= 11 is 0. The first kappa shape index (κ1) is 11.9. The number of ether oxygens (including phenoxy) is 1. The van der Waals surface area contributed by atoms with Crippen molar-refractivity contribution >= 4 is 0 Å². The molecule has 1 N–H and O–H groups in total. The molecular weight excluding hydrogens is 212 g/mol. The van der Waals surface area contributed by atoms with Gasteiger partial charge < -0.3 is 10.1 Å². The van der Waals surface area contributed by atoms with Crippen LogP contribution in [0, 0.1) is 11.3 Å². The monoisotopic (exact) mass is 230 g/mol. The minimum atomic E-state index is 0.252. The van der Waals surface area contributed by atoms with Gasteiger partial charge in [-0.05, 0) is 50.6 Å². The predicted molar refractivity (Wildman–Crippen MR) is 66.9 cm³/mol. The van der Waals surface area contributed by atoms with Crippen molar-refractivity contribution in [3.63, 3.8) is 0 Å². The molecule has 1 fully saturated rings. The predicted octanol–water partition coefficient (Wildman–Crippen LogP) is 2.47. The summed E-state index contributed by atoms with van der Waals surface area (Å²) in [6.07, 6.45) is 5.04. The van der Waals surface area contributed by atoms with Crippen LogP contribution in [0.3, 0.4) is 0 Å². The normalized spacial score (nSPS) is 24.0. The van der Waals surface area contributed by atoms with E-state index in [4.69, 9.17) is 10.00 Å². The number of nitriles is 1. The van der Waals surface area contributed by atoms with Crippen molar-refractivity contribution in [1.82, 2.24) is 5.32 Å². The van der Waals surface area contributed by atoms with E-state index < -0.39 is 0 Å². The van der Waals surface area contributed by atoms with E-state index in [1.807, 2.05) is 19.2 Å². The molecule has 0 aromatic heterocycles. The van der Waals surface area contributed by atoms with Crippen LogP contribution in [0.5, 0.6) is 5.75 Å². The lowest BCUT2D eigenvalue weighted by Crippen LogP contribution is -2.43. The van der Waals surface area contributed by atoms with Crippen LogP contribution in [0.15, 0.2) is 24.3 Å². The van der Waals surface area contributed by atoms with Gasteiger partial charge in [0.25, 0.3) is 0 Å². The van der Waals surface area contributed by atoms with Crippen molar-refractivity contribution in [3.8, 4) is 11.8 Å². The molecule has 0 bridgehead atoms. The summed E-state index contributed by atoms with van der Waals surface area (Å²) in [5.41, 5.74) is 0.672. The number of benzene rings is 1. The van der Waals surface area contributed by atoms with Crippen LogP contribution < -0.4 is 10.1 Å². The molecule has 90 valence electrons. The number of hydrogen-bond acceptors (Lipinski definition) is 3. The molecule has 1 aromatic carbocycles. The third kappa shape index (κ3) is 2.98. The summed E-state index contributed by atoms with van der Waals surface area (Å²) in [6, 6.07) is 9.90. The van der Waals surface area contributed by atoms with Crippen LogP contribution in [0.1, 0.15) is 31.2 Å². The summed E-state index contributed by atoms with van der Waals surface area (Å²) in [5, 5.41) is 12.0. The Morgan fingerprint density at radius 1 is 1.24 bits per heavy atom. The fraction of sp³-hybridized carbons (Fsp3) is 0.500. The molecule has 3 heteroatoms. The van der Waals surface area contributed by atoms with E-state index in [0.717, 1.165) is 12.2 Å². The Kier molecular flexibility index (Phi) is 4.00. The second kappa shape index (κ2) is 5.70. The highest BCUT2D eigenvalue weighted by Crippen LogP contribution is 2.23. The van der Waals surface area contributed by atoms with Crippen LogP contribution in [0.4, 0.5) is 0 Å². The quantitative estimate of drug-likeness (QED) is 0.867. The van der Waals surface area contributed by atoms with Crippen LogP contribution in [-0.4, -0.2) is 19.2 Å². The van der Waals surface area contributed by atoms with Gasteiger partial charge in [-0.3, -0.25) is 0 Å². The Labute approximate surface area is 102 Å². The summed E-state index contributed by atoms with van der Waals surface area (Å²) < 4.78 is 5.99. The Morgan fingerprint density at radius 2 is 1.94 bits per heavy atom. The lowest BCUT2D eigenvalue weighted by atomic mass is 9.92. The average Bonchev–Trinajstić information content (AvgIpc) is 2.40. The maximum atomic E-state index is 8.73. The van der Waals surface area contributed by atoms with Crippen molar-refractivity contribution in [2.75, 3.05) is 7.05 Å². The molecule has 1 aliphatic carbocycles. The minimum Gasteiger partial charge on any atom is -0.489 e. The van der Waals surface area contributed by atoms with Gasteiger partial charge in [-0.1, -0.05) is 6.42 Å². The van der Waals surface area contributed by atoms with Crippen molar-refractivity contribution in [1.29, 1.82) is 5.26 Å². The highest BCUT2D eigenvalue weighted by atomic mass is 16.5. The molecule has 2 rings (SSSR count). The largest absolute Gasteiger partial charge is 0.489 e. The van der Waals surface area contributed by atoms with Gasteiger partial charge in [-0.25, -0.2) is 0 Å². The summed E-state index contributed by atoms with van der Waals surface area (Å²) in [5.74, 6) is 0.858. The molecule has 0 radical (unpaired) electrons. The zero-order chi connectivity index (χ0) is 12.1. The van der Waals surface area contributed by atoms with Gasteiger partial charge in [0.2, 0.25) is 0 Å². The fourth-order valence-electron chi connectivity index (χ4n) is 2.35. The highest BCUT2D eigenvalue weighted by molar-refractivity contribution is 5.34. The van der Waals surface area contributed by atoms with Crippen molar-refractivity contribution in [2.45, 2.75) is 37.8 Å². The molecule has 0 aliphatic heterocycles. The molecule has 3 nitrogen and oxygen atoms in total. The molecule has 0 saturated heterocycles. The van der Waals surface area contributed by atoms with Gasteiger partial charge >= 0.3 is 0 Å². The van der Waals surface area contributed by atoms with Gasteiger partial charge in [0.1, 0.15) is 11.9 Å². The van der Waals surface area contributed by atoms with Crippen molar-refractivity contribution < 1.29 is 4.74 Å². The van der Waals surface area contributed by atoms with Gasteiger partial charge in [0.05, 0.1) is 11.6 Å². The molecule has 1 aromatic rings. The second-order valence-electron chi connectivity index (χ2n) is 4.47. The average molecular weight is 230 g/mol. The molecule has 2 atom stereocenters. The SMILES string of the molecule is CNC1CCCCC1Oc1ccc(C#N)cc1. The number of rotatable bonds is 3. The van der Waals surface area contributed by atoms with E-state index in [2.05, 4.69) is 11.4 Å². The van der Waals surface area contributed by atoms with Crippen LogP contribution in [0.2, 0.25) is 0 Å². The van der Waals surface area contributed by atoms with Gasteiger partial charge in [0.15, 0.2) is 0 Å². The Balaban J connectivity index is 2.01. The van der Waals surface area contributed by atoms with Crippen LogP contribution in [0.25, 0.3) is 0 Å². The lowest BCUT2D eigenvalue weighted by Gasteiger charge is -2.31. The molecule has 0 spiro atoms. The molecule has 0 heterocycles. The van der Waals surface area contributed by atoms with E-state index in [9.17, 15) is 0 Å². The maximum absolute atomic E-state index is 8.73. The Morgan fingerprint density at radius 3 is 2.59 bits per heavy atom. The van der Waals surface area contributed by atoms with E-state index in [0.29, 0.717) is 11.6 Å². The molecule has 2 unspecified atom stereocenters. The summed E-state index contributed by atoms with van der Waals surface area (Å²) in [4.78, 5) is 0. The van der Waals surface area contributed by atoms with Gasteiger partial charge in [-0.15, -0.1) is 0 Å². The molecule has 0 amide bonds. The molecule has 17 heavy (non-hydrogen) atoms. The molecule has 1 saturated carbocycles. The minimum absolute atomic E-state index is 0.252. The maximum Gasteiger partial charge on any atom is 0.119 e. The molecular formula is C14H18N2O. The van der Waals surface area contributed by atoms with E-state index >= 15 is 0 Å². The fourth-order valence-corrected chi connectivity index (χ4v) is 2.35. The van der Waals surface area contributed by atoms with Crippen molar-refractivity contribution in [3.05, 3.63) is 29.8 Å². The summed E-state index contributed by atoms with van der Waals surface area (Å²) in [6.45, 7) is 0. The van der Waals surface area contributed by atoms with Crippen LogP contribution in [-0.2, 0) is 0 Å². The third-order valence-electron chi connectivity index (χ3n) is 3.34. The van der Waals surface area contributed by atoms with Crippen LogP contribution >= 0.6 is 0 Å². The number of hydrogen-bond donors (Lipinski definition) is 1. The first-order chi connectivity index (χ1) is 8.33. The number of nitrogens with zero attached hydrogens (tertiary/aromatic N) is 1. The summed E-state index contributed by atoms with van der Waals surface area (Å²) in [7, 11) is 1.99. The molecule has 1 aliphatic rings. The Bertz CT molecular complexity index is 394. The zero-order valence-electron chi connectivity index (χ0n) is 10.1.